The van der Waals surface area contributed by atoms with Crippen LogP contribution in [-0.4, -0.2) is 6.17 Å². The highest BCUT2D eigenvalue weighted by atomic mass is 19.1. The molecule has 0 aliphatic carbocycles. The quantitative estimate of drug-likeness (QED) is 0.494. The van der Waals surface area contributed by atoms with Gasteiger partial charge in [-0.1, -0.05) is 45.4 Å². The summed E-state index contributed by atoms with van der Waals surface area (Å²) in [5.74, 6) is 0. The molecule has 0 rings (SSSR count). The van der Waals surface area contributed by atoms with E-state index < -0.39 is 6.17 Å². The molecular formula is C10H20F. The van der Waals surface area contributed by atoms with Gasteiger partial charge in [0.2, 0.25) is 0 Å². The number of halogens is 1. The number of rotatable bonds is 7. The first kappa shape index (κ1) is 10.9. The fourth-order valence-corrected chi connectivity index (χ4v) is 1.13. The molecule has 1 unspecified atom stereocenters. The van der Waals surface area contributed by atoms with E-state index in [1.165, 1.54) is 25.7 Å². The Balaban J connectivity index is 2.80. The van der Waals surface area contributed by atoms with Crippen LogP contribution in [0.15, 0.2) is 0 Å². The maximum atomic E-state index is 12.3. The highest BCUT2D eigenvalue weighted by Crippen LogP contribution is 2.09. The second-order valence-electron chi connectivity index (χ2n) is 3.19. The molecule has 0 saturated heterocycles. The van der Waals surface area contributed by atoms with Crippen LogP contribution in [0.5, 0.6) is 0 Å². The summed E-state index contributed by atoms with van der Waals surface area (Å²) < 4.78 is 12.3. The molecule has 11 heavy (non-hydrogen) atoms. The standard InChI is InChI=1S/C10H20F/c1-3-4-5-6-7-8-9-10(2)11/h10H,1,3-9H2,2H3. The molecule has 0 aliphatic heterocycles. The molecule has 0 aliphatic rings. The minimum atomic E-state index is -0.608. The lowest BCUT2D eigenvalue weighted by molar-refractivity contribution is 0.329. The summed E-state index contributed by atoms with van der Waals surface area (Å²) in [5, 5.41) is 0. The van der Waals surface area contributed by atoms with Crippen molar-refractivity contribution in [1.82, 2.24) is 0 Å². The average Bonchev–Trinajstić information content (AvgIpc) is 1.96. The predicted octanol–water partition coefficient (Wildman–Crippen LogP) is 3.91. The van der Waals surface area contributed by atoms with Gasteiger partial charge < -0.3 is 0 Å². The smallest absolute Gasteiger partial charge is 0.0973 e. The minimum Gasteiger partial charge on any atom is -0.248 e. The van der Waals surface area contributed by atoms with Crippen LogP contribution in [0, 0.1) is 6.92 Å². The average molecular weight is 159 g/mol. The van der Waals surface area contributed by atoms with Gasteiger partial charge in [0.05, 0.1) is 6.17 Å². The van der Waals surface area contributed by atoms with Crippen LogP contribution in [0.3, 0.4) is 0 Å². The Morgan fingerprint density at radius 3 is 2.18 bits per heavy atom. The van der Waals surface area contributed by atoms with Crippen LogP contribution in [0.1, 0.15) is 51.9 Å². The Morgan fingerprint density at radius 1 is 1.09 bits per heavy atom. The van der Waals surface area contributed by atoms with Gasteiger partial charge in [-0.05, 0) is 13.3 Å². The lowest BCUT2D eigenvalue weighted by Crippen LogP contribution is -1.91. The molecule has 0 bridgehead atoms. The van der Waals surface area contributed by atoms with Crippen molar-refractivity contribution in [1.29, 1.82) is 0 Å². The van der Waals surface area contributed by atoms with Crippen molar-refractivity contribution in [2.45, 2.75) is 58.0 Å². The number of hydrogen-bond acceptors (Lipinski definition) is 0. The summed E-state index contributed by atoms with van der Waals surface area (Å²) in [7, 11) is 0. The van der Waals surface area contributed by atoms with Gasteiger partial charge in [-0.3, -0.25) is 0 Å². The van der Waals surface area contributed by atoms with E-state index in [0.29, 0.717) is 0 Å². The second-order valence-corrected chi connectivity index (χ2v) is 3.19. The first-order valence-corrected chi connectivity index (χ1v) is 4.70. The molecule has 1 radical (unpaired) electrons. The predicted molar refractivity (Wildman–Crippen MR) is 48.2 cm³/mol. The zero-order chi connectivity index (χ0) is 8.53. The van der Waals surface area contributed by atoms with Crippen LogP contribution >= 0.6 is 0 Å². The van der Waals surface area contributed by atoms with Crippen molar-refractivity contribution in [2.75, 3.05) is 0 Å². The van der Waals surface area contributed by atoms with Gasteiger partial charge >= 0.3 is 0 Å². The summed E-state index contributed by atoms with van der Waals surface area (Å²) in [6.45, 7) is 5.41. The van der Waals surface area contributed by atoms with Crippen molar-refractivity contribution >= 4 is 0 Å². The van der Waals surface area contributed by atoms with Gasteiger partial charge in [0, 0.05) is 0 Å². The van der Waals surface area contributed by atoms with Gasteiger partial charge in [0.25, 0.3) is 0 Å². The zero-order valence-corrected chi connectivity index (χ0v) is 7.61. The Kier molecular flexibility index (Phi) is 7.98. The van der Waals surface area contributed by atoms with E-state index in [0.717, 1.165) is 19.3 Å². The van der Waals surface area contributed by atoms with Crippen molar-refractivity contribution < 1.29 is 4.39 Å². The van der Waals surface area contributed by atoms with Gasteiger partial charge in [-0.25, -0.2) is 4.39 Å². The van der Waals surface area contributed by atoms with Gasteiger partial charge in [-0.2, -0.15) is 0 Å². The van der Waals surface area contributed by atoms with Crippen molar-refractivity contribution in [3.05, 3.63) is 6.92 Å². The highest BCUT2D eigenvalue weighted by Gasteiger charge is 1.96. The van der Waals surface area contributed by atoms with E-state index in [2.05, 4.69) is 6.92 Å². The maximum absolute atomic E-state index is 12.3. The molecule has 0 saturated carbocycles. The third kappa shape index (κ3) is 9.93. The van der Waals surface area contributed by atoms with E-state index in [4.69, 9.17) is 0 Å². The molecular weight excluding hydrogens is 139 g/mol. The molecule has 0 amide bonds. The molecule has 0 nitrogen and oxygen atoms in total. The second kappa shape index (κ2) is 8.03. The molecule has 0 aromatic carbocycles. The molecule has 0 aromatic rings. The van der Waals surface area contributed by atoms with Crippen molar-refractivity contribution in [3.63, 3.8) is 0 Å². The van der Waals surface area contributed by atoms with Gasteiger partial charge in [0.1, 0.15) is 0 Å². The lowest BCUT2D eigenvalue weighted by Gasteiger charge is -2.01. The van der Waals surface area contributed by atoms with Crippen molar-refractivity contribution in [3.8, 4) is 0 Å². The van der Waals surface area contributed by atoms with E-state index in [1.807, 2.05) is 0 Å². The first-order chi connectivity index (χ1) is 5.27. The molecule has 0 heterocycles. The summed E-state index contributed by atoms with van der Waals surface area (Å²) >= 11 is 0. The van der Waals surface area contributed by atoms with E-state index in [9.17, 15) is 4.39 Å². The van der Waals surface area contributed by atoms with Crippen LogP contribution in [-0.2, 0) is 0 Å². The van der Waals surface area contributed by atoms with Crippen molar-refractivity contribution in [2.24, 2.45) is 0 Å². The third-order valence-corrected chi connectivity index (χ3v) is 1.85. The highest BCUT2D eigenvalue weighted by molar-refractivity contribution is 4.50. The molecule has 0 aromatic heterocycles. The normalized spacial score (nSPS) is 13.4. The molecule has 1 atom stereocenters. The first-order valence-electron chi connectivity index (χ1n) is 4.70. The largest absolute Gasteiger partial charge is 0.248 e. The van der Waals surface area contributed by atoms with Crippen LogP contribution in [0.4, 0.5) is 4.39 Å². The number of hydrogen-bond donors (Lipinski definition) is 0. The minimum absolute atomic E-state index is 0.608. The van der Waals surface area contributed by atoms with Crippen LogP contribution < -0.4 is 0 Å². The fourth-order valence-electron chi connectivity index (χ4n) is 1.13. The fraction of sp³-hybridized carbons (Fsp3) is 0.900. The Labute approximate surface area is 70.2 Å². The zero-order valence-electron chi connectivity index (χ0n) is 7.61. The lowest BCUT2D eigenvalue weighted by atomic mass is 10.1. The maximum Gasteiger partial charge on any atom is 0.0973 e. The third-order valence-electron chi connectivity index (χ3n) is 1.85. The van der Waals surface area contributed by atoms with E-state index in [-0.39, 0.29) is 0 Å². The topological polar surface area (TPSA) is 0 Å². The Hall–Kier alpha value is -0.0700. The Bertz CT molecular complexity index is 69.3. The summed E-state index contributed by atoms with van der Waals surface area (Å²) in [5.41, 5.74) is 0. The molecule has 1 heteroatoms. The van der Waals surface area contributed by atoms with E-state index in [1.54, 1.807) is 6.92 Å². The summed E-state index contributed by atoms with van der Waals surface area (Å²) in [6, 6.07) is 0. The number of alkyl halides is 1. The summed E-state index contributed by atoms with van der Waals surface area (Å²) in [6.07, 6.45) is 7.16. The number of unbranched alkanes of at least 4 members (excludes halogenated alkanes) is 5. The van der Waals surface area contributed by atoms with Crippen LogP contribution in [0.25, 0.3) is 0 Å². The molecule has 67 valence electrons. The van der Waals surface area contributed by atoms with E-state index >= 15 is 0 Å². The molecule has 0 spiro atoms. The van der Waals surface area contributed by atoms with Gasteiger partial charge in [-0.15, -0.1) is 0 Å². The molecule has 0 N–H and O–H groups in total. The SMILES string of the molecule is [CH2]CCCCCCCC(C)F. The monoisotopic (exact) mass is 159 g/mol. The van der Waals surface area contributed by atoms with Crippen LogP contribution in [0.2, 0.25) is 0 Å². The van der Waals surface area contributed by atoms with Gasteiger partial charge in [0.15, 0.2) is 0 Å². The molecule has 0 fully saturated rings. The Morgan fingerprint density at radius 2 is 1.64 bits per heavy atom. The summed E-state index contributed by atoms with van der Waals surface area (Å²) in [4.78, 5) is 0.